The molecule has 24 heavy (non-hydrogen) atoms. The van der Waals surface area contributed by atoms with E-state index in [0.717, 1.165) is 25.7 Å². The topological polar surface area (TPSA) is 122 Å². The van der Waals surface area contributed by atoms with Crippen LogP contribution < -0.4 is 11.1 Å². The third-order valence-electron chi connectivity index (χ3n) is 4.39. The fourth-order valence-corrected chi connectivity index (χ4v) is 3.25. The zero-order chi connectivity index (χ0) is 18.3. The number of hydrogen-bond donors (Lipinski definition) is 4. The highest BCUT2D eigenvalue weighted by molar-refractivity contribution is 5.72. The number of nitrogens with two attached hydrogens (primary N) is 1. The summed E-state index contributed by atoms with van der Waals surface area (Å²) in [6.45, 7) is 5.97. The van der Waals surface area contributed by atoms with Gasteiger partial charge in [0, 0.05) is 12.0 Å². The minimum atomic E-state index is -1.02. The fraction of sp³-hybridized carbons (Fsp3) is 0.882. The lowest BCUT2D eigenvalue weighted by Gasteiger charge is -2.25. The van der Waals surface area contributed by atoms with E-state index in [4.69, 9.17) is 10.5 Å². The molecule has 0 heterocycles. The van der Waals surface area contributed by atoms with Gasteiger partial charge >= 0.3 is 12.1 Å². The Hall–Kier alpha value is -1.34. The van der Waals surface area contributed by atoms with Crippen molar-refractivity contribution in [1.82, 2.24) is 5.32 Å². The number of nitrogens with one attached hydrogen (secondary N) is 1. The van der Waals surface area contributed by atoms with Gasteiger partial charge in [-0.25, -0.2) is 4.79 Å². The monoisotopic (exact) mass is 344 g/mol. The lowest BCUT2D eigenvalue weighted by molar-refractivity contribution is -0.145. The second-order valence-electron chi connectivity index (χ2n) is 7.58. The van der Waals surface area contributed by atoms with Crippen LogP contribution in [-0.4, -0.2) is 46.6 Å². The quantitative estimate of drug-likeness (QED) is 0.499. The summed E-state index contributed by atoms with van der Waals surface area (Å²) in [7, 11) is 0. The number of carbonyl (C=O) groups excluding carboxylic acids is 1. The number of aliphatic carboxylic acids is 1. The van der Waals surface area contributed by atoms with Crippen LogP contribution >= 0.6 is 0 Å². The first-order valence-electron chi connectivity index (χ1n) is 8.76. The summed E-state index contributed by atoms with van der Waals surface area (Å²) < 4.78 is 5.24. The van der Waals surface area contributed by atoms with Crippen molar-refractivity contribution in [2.24, 2.45) is 17.6 Å². The van der Waals surface area contributed by atoms with Crippen molar-refractivity contribution < 1.29 is 24.5 Å². The summed E-state index contributed by atoms with van der Waals surface area (Å²) in [5.74, 6) is -2.14. The lowest BCUT2D eigenvalue weighted by Crippen LogP contribution is -2.42. The molecule has 3 unspecified atom stereocenters. The van der Waals surface area contributed by atoms with E-state index >= 15 is 0 Å². The number of alkyl carbamates (subject to hydrolysis) is 1. The van der Waals surface area contributed by atoms with Crippen LogP contribution in [0.1, 0.15) is 59.3 Å². The van der Waals surface area contributed by atoms with Gasteiger partial charge in [-0.3, -0.25) is 4.79 Å². The summed E-state index contributed by atoms with van der Waals surface area (Å²) in [4.78, 5) is 23.3. The zero-order valence-electron chi connectivity index (χ0n) is 15.0. The molecule has 4 atom stereocenters. The Morgan fingerprint density at radius 2 is 1.83 bits per heavy atom. The smallest absolute Gasteiger partial charge is 0.407 e. The Bertz CT molecular complexity index is 422. The van der Waals surface area contributed by atoms with Crippen molar-refractivity contribution in [2.75, 3.05) is 6.54 Å². The van der Waals surface area contributed by atoms with Crippen LogP contribution in [0.2, 0.25) is 0 Å². The molecule has 0 aromatic rings. The molecule has 0 bridgehead atoms. The van der Waals surface area contributed by atoms with Gasteiger partial charge in [0.15, 0.2) is 0 Å². The average Bonchev–Trinajstić information content (AvgIpc) is 2.73. The SMILES string of the molecule is CC(C)(C)OC(=O)NC1C[C@H](C(=O)O)C(O)C1CCCCCCN. The van der Waals surface area contributed by atoms with E-state index in [2.05, 4.69) is 5.32 Å². The van der Waals surface area contributed by atoms with Crippen LogP contribution in [0.3, 0.4) is 0 Å². The minimum Gasteiger partial charge on any atom is -0.481 e. The number of carboxylic acid groups (broad SMARTS) is 1. The maximum absolute atomic E-state index is 12.0. The van der Waals surface area contributed by atoms with Gasteiger partial charge in [0.1, 0.15) is 5.60 Å². The average molecular weight is 344 g/mol. The van der Waals surface area contributed by atoms with Gasteiger partial charge in [-0.1, -0.05) is 19.3 Å². The molecule has 0 spiro atoms. The van der Waals surface area contributed by atoms with Crippen LogP contribution in [0.15, 0.2) is 0 Å². The van der Waals surface area contributed by atoms with Gasteiger partial charge in [0.2, 0.25) is 0 Å². The summed E-state index contributed by atoms with van der Waals surface area (Å²) in [6.07, 6.45) is 3.23. The van der Waals surface area contributed by atoms with E-state index in [1.165, 1.54) is 0 Å². The van der Waals surface area contributed by atoms with Crippen LogP contribution in [0, 0.1) is 11.8 Å². The number of unbranched alkanes of at least 4 members (excludes halogenated alkanes) is 3. The van der Waals surface area contributed by atoms with Crippen molar-refractivity contribution in [3.05, 3.63) is 0 Å². The number of ether oxygens (including phenoxy) is 1. The van der Waals surface area contributed by atoms with Crippen molar-refractivity contribution in [2.45, 2.75) is 77.0 Å². The van der Waals surface area contributed by atoms with E-state index < -0.39 is 29.7 Å². The van der Waals surface area contributed by atoms with Crippen molar-refractivity contribution >= 4 is 12.1 Å². The molecule has 0 radical (unpaired) electrons. The molecule has 0 aromatic carbocycles. The van der Waals surface area contributed by atoms with Gasteiger partial charge in [-0.05, 0) is 46.6 Å². The van der Waals surface area contributed by atoms with Gasteiger partial charge < -0.3 is 26.0 Å². The molecule has 1 saturated carbocycles. The standard InChI is InChI=1S/C17H32N2O5/c1-17(2,3)24-16(23)19-13-10-12(15(21)22)14(20)11(13)8-6-4-5-7-9-18/h11-14,20H,4-10,18H2,1-3H3,(H,19,23)(H,21,22)/t11?,12-,13?,14?/m0/s1. The van der Waals surface area contributed by atoms with E-state index in [0.29, 0.717) is 13.0 Å². The normalized spacial score (nSPS) is 27.0. The molecular weight excluding hydrogens is 312 g/mol. The Kier molecular flexibility index (Phi) is 7.96. The van der Waals surface area contributed by atoms with Crippen LogP contribution in [0.25, 0.3) is 0 Å². The number of aliphatic hydroxyl groups excluding tert-OH is 1. The van der Waals surface area contributed by atoms with Crippen LogP contribution in [-0.2, 0) is 9.53 Å². The highest BCUT2D eigenvalue weighted by atomic mass is 16.6. The molecular formula is C17H32N2O5. The Balaban J connectivity index is 2.63. The number of amides is 1. The van der Waals surface area contributed by atoms with E-state index in [1.54, 1.807) is 20.8 Å². The maximum atomic E-state index is 12.0. The first-order valence-corrected chi connectivity index (χ1v) is 8.76. The van der Waals surface area contributed by atoms with Gasteiger partial charge in [0.05, 0.1) is 12.0 Å². The molecule has 1 rings (SSSR count). The lowest BCUT2D eigenvalue weighted by atomic mass is 9.93. The Morgan fingerprint density at radius 1 is 1.21 bits per heavy atom. The van der Waals surface area contributed by atoms with Crippen molar-refractivity contribution in [1.29, 1.82) is 0 Å². The molecule has 1 fully saturated rings. The van der Waals surface area contributed by atoms with Crippen molar-refractivity contribution in [3.8, 4) is 0 Å². The summed E-state index contributed by atoms with van der Waals surface area (Å²) in [6, 6.07) is -0.384. The second kappa shape index (κ2) is 9.22. The molecule has 7 heteroatoms. The summed E-state index contributed by atoms with van der Waals surface area (Å²) in [5, 5.41) is 22.4. The molecule has 1 aliphatic carbocycles. The predicted octanol–water partition coefficient (Wildman–Crippen LogP) is 1.87. The van der Waals surface area contributed by atoms with E-state index in [1.807, 2.05) is 0 Å². The summed E-state index contributed by atoms with van der Waals surface area (Å²) >= 11 is 0. The van der Waals surface area contributed by atoms with Gasteiger partial charge in [-0.15, -0.1) is 0 Å². The molecule has 5 N–H and O–H groups in total. The maximum Gasteiger partial charge on any atom is 0.407 e. The predicted molar refractivity (Wildman–Crippen MR) is 90.5 cm³/mol. The Morgan fingerprint density at radius 3 is 2.38 bits per heavy atom. The molecule has 1 aliphatic rings. The first kappa shape index (κ1) is 20.7. The van der Waals surface area contributed by atoms with Crippen molar-refractivity contribution in [3.63, 3.8) is 0 Å². The summed E-state index contributed by atoms with van der Waals surface area (Å²) in [5.41, 5.74) is 4.85. The molecule has 140 valence electrons. The molecule has 0 aliphatic heterocycles. The molecule has 7 nitrogen and oxygen atoms in total. The minimum absolute atomic E-state index is 0.225. The molecule has 1 amide bonds. The van der Waals surface area contributed by atoms with E-state index in [-0.39, 0.29) is 18.4 Å². The number of hydrogen-bond acceptors (Lipinski definition) is 5. The first-order chi connectivity index (χ1) is 11.2. The van der Waals surface area contributed by atoms with Crippen LogP contribution in [0.5, 0.6) is 0 Å². The molecule has 0 aromatic heterocycles. The highest BCUT2D eigenvalue weighted by Crippen LogP contribution is 2.35. The number of rotatable bonds is 8. The highest BCUT2D eigenvalue weighted by Gasteiger charge is 2.46. The number of aliphatic hydroxyl groups is 1. The number of carbonyl (C=O) groups is 2. The molecule has 0 saturated heterocycles. The Labute approximate surface area is 143 Å². The van der Waals surface area contributed by atoms with Gasteiger partial charge in [0.25, 0.3) is 0 Å². The second-order valence-corrected chi connectivity index (χ2v) is 7.58. The number of carboxylic acids is 1. The largest absolute Gasteiger partial charge is 0.481 e. The fourth-order valence-electron chi connectivity index (χ4n) is 3.25. The van der Waals surface area contributed by atoms with E-state index in [9.17, 15) is 19.8 Å². The third kappa shape index (κ3) is 6.65. The van der Waals surface area contributed by atoms with Crippen LogP contribution in [0.4, 0.5) is 4.79 Å². The third-order valence-corrected chi connectivity index (χ3v) is 4.39. The zero-order valence-corrected chi connectivity index (χ0v) is 15.0. The van der Waals surface area contributed by atoms with Gasteiger partial charge in [-0.2, -0.15) is 0 Å².